The summed E-state index contributed by atoms with van der Waals surface area (Å²) in [4.78, 5) is 14.3. The Morgan fingerprint density at radius 3 is 2.66 bits per heavy atom. The number of aromatic nitrogens is 2. The smallest absolute Gasteiger partial charge is 0.395 e. The van der Waals surface area contributed by atoms with Crippen molar-refractivity contribution < 1.29 is 46.1 Å². The summed E-state index contributed by atoms with van der Waals surface area (Å²) in [5.74, 6) is -1.02. The highest BCUT2D eigenvalue weighted by Crippen LogP contribution is 2.43. The standard InChI is InChI=1S/C22H16F5N3O5/c1-29(12-5-6-16-17(8-12)35-22(26,27)34-16)20(32)11-3-2-4-13(7-11)30-18-14(9-33-10-15(18)31)19(28-30)21(23,24)25/h2-8,15,31H,9-10H2,1H3. The summed E-state index contributed by atoms with van der Waals surface area (Å²) in [6, 6.07) is 9.44. The molecule has 1 aromatic heterocycles. The number of halogens is 5. The summed E-state index contributed by atoms with van der Waals surface area (Å²) in [6.45, 7) is -0.577. The number of alkyl halides is 5. The number of amides is 1. The van der Waals surface area contributed by atoms with Gasteiger partial charge in [0.1, 0.15) is 6.10 Å². The topological polar surface area (TPSA) is 86.1 Å². The molecule has 0 fully saturated rings. The Morgan fingerprint density at radius 1 is 1.17 bits per heavy atom. The number of hydrogen-bond acceptors (Lipinski definition) is 6. The Labute approximate surface area is 194 Å². The molecular weight excluding hydrogens is 481 g/mol. The van der Waals surface area contributed by atoms with Crippen molar-refractivity contribution >= 4 is 11.6 Å². The fraction of sp³-hybridized carbons (Fsp3) is 0.273. The van der Waals surface area contributed by atoms with Gasteiger partial charge in [-0.2, -0.15) is 18.3 Å². The van der Waals surface area contributed by atoms with Crippen LogP contribution in [0.5, 0.6) is 11.5 Å². The minimum atomic E-state index is -4.78. The lowest BCUT2D eigenvalue weighted by Crippen LogP contribution is -2.26. The van der Waals surface area contributed by atoms with Crippen molar-refractivity contribution in [1.29, 1.82) is 0 Å². The molecule has 1 unspecified atom stereocenters. The predicted octanol–water partition coefficient (Wildman–Crippen LogP) is 4.05. The molecular formula is C22H16F5N3O5. The second-order valence-corrected chi connectivity index (χ2v) is 7.87. The molecule has 184 valence electrons. The Morgan fingerprint density at radius 2 is 1.91 bits per heavy atom. The van der Waals surface area contributed by atoms with E-state index in [1.807, 2.05) is 0 Å². The number of carbonyl (C=O) groups excluding carboxylic acids is 1. The number of rotatable bonds is 3. The van der Waals surface area contributed by atoms with Crippen LogP contribution < -0.4 is 14.4 Å². The first kappa shape index (κ1) is 23.1. The lowest BCUT2D eigenvalue weighted by molar-refractivity contribution is -0.286. The van der Waals surface area contributed by atoms with E-state index in [2.05, 4.69) is 14.6 Å². The molecule has 0 aliphatic carbocycles. The number of hydrogen-bond donors (Lipinski definition) is 1. The summed E-state index contributed by atoms with van der Waals surface area (Å²) in [5, 5.41) is 14.0. The summed E-state index contributed by atoms with van der Waals surface area (Å²) >= 11 is 0. The molecule has 8 nitrogen and oxygen atoms in total. The van der Waals surface area contributed by atoms with Crippen molar-refractivity contribution in [3.8, 4) is 17.2 Å². The van der Waals surface area contributed by atoms with Crippen LogP contribution in [0.4, 0.5) is 27.6 Å². The molecule has 1 N–H and O–H groups in total. The van der Waals surface area contributed by atoms with Gasteiger partial charge in [-0.05, 0) is 30.3 Å². The van der Waals surface area contributed by atoms with E-state index in [1.54, 1.807) is 0 Å². The number of benzene rings is 2. The lowest BCUT2D eigenvalue weighted by atomic mass is 10.1. The summed E-state index contributed by atoms with van der Waals surface area (Å²) in [5.41, 5.74) is -1.13. The lowest BCUT2D eigenvalue weighted by Gasteiger charge is -2.21. The van der Waals surface area contributed by atoms with Gasteiger partial charge in [-0.1, -0.05) is 6.07 Å². The number of nitrogens with zero attached hydrogens (tertiary/aromatic N) is 3. The predicted molar refractivity (Wildman–Crippen MR) is 109 cm³/mol. The minimum Gasteiger partial charge on any atom is -0.395 e. The third-order valence-corrected chi connectivity index (χ3v) is 5.54. The normalized spacial score (nSPS) is 18.3. The zero-order valence-corrected chi connectivity index (χ0v) is 17.8. The summed E-state index contributed by atoms with van der Waals surface area (Å²) in [7, 11) is 1.39. The molecule has 0 saturated carbocycles. The highest BCUT2D eigenvalue weighted by atomic mass is 19.4. The number of ether oxygens (including phenoxy) is 3. The van der Waals surface area contributed by atoms with Crippen molar-refractivity contribution in [3.05, 3.63) is 65.0 Å². The molecule has 0 saturated heterocycles. The zero-order chi connectivity index (χ0) is 25.1. The van der Waals surface area contributed by atoms with Crippen LogP contribution in [0.3, 0.4) is 0 Å². The Balaban J connectivity index is 1.49. The van der Waals surface area contributed by atoms with E-state index in [1.165, 1.54) is 49.5 Å². The van der Waals surface area contributed by atoms with Crippen LogP contribution in [0, 0.1) is 0 Å². The maximum Gasteiger partial charge on any atom is 0.586 e. The van der Waals surface area contributed by atoms with Gasteiger partial charge in [0.15, 0.2) is 17.2 Å². The first-order valence-corrected chi connectivity index (χ1v) is 10.2. The van der Waals surface area contributed by atoms with Gasteiger partial charge in [0.05, 0.1) is 24.6 Å². The Kier molecular flexibility index (Phi) is 5.21. The molecule has 5 rings (SSSR count). The molecule has 0 spiro atoms. The van der Waals surface area contributed by atoms with Crippen molar-refractivity contribution in [3.63, 3.8) is 0 Å². The van der Waals surface area contributed by atoms with Crippen LogP contribution in [0.25, 0.3) is 5.69 Å². The van der Waals surface area contributed by atoms with Gasteiger partial charge in [-0.3, -0.25) is 4.79 Å². The number of aliphatic hydroxyl groups is 1. The molecule has 1 atom stereocenters. The van der Waals surface area contributed by atoms with Crippen LogP contribution in [0.1, 0.15) is 33.4 Å². The largest absolute Gasteiger partial charge is 0.586 e. The first-order chi connectivity index (χ1) is 16.4. The van der Waals surface area contributed by atoms with E-state index >= 15 is 0 Å². The van der Waals surface area contributed by atoms with Crippen LogP contribution in [-0.2, 0) is 17.5 Å². The van der Waals surface area contributed by atoms with E-state index in [0.717, 1.165) is 9.58 Å². The average molecular weight is 497 g/mol. The highest BCUT2D eigenvalue weighted by Gasteiger charge is 2.44. The molecule has 2 aliphatic rings. The Bertz CT molecular complexity index is 1320. The number of carbonyl (C=O) groups is 1. The van der Waals surface area contributed by atoms with Gasteiger partial charge in [-0.25, -0.2) is 4.68 Å². The van der Waals surface area contributed by atoms with Crippen LogP contribution in [0.2, 0.25) is 0 Å². The number of aliphatic hydroxyl groups excluding tert-OH is 1. The van der Waals surface area contributed by atoms with E-state index in [4.69, 9.17) is 4.74 Å². The Hall–Kier alpha value is -3.71. The van der Waals surface area contributed by atoms with Crippen molar-refractivity contribution in [2.75, 3.05) is 18.6 Å². The monoisotopic (exact) mass is 497 g/mol. The second-order valence-electron chi connectivity index (χ2n) is 7.87. The molecule has 2 aromatic carbocycles. The van der Waals surface area contributed by atoms with Crippen LogP contribution in [-0.4, -0.2) is 40.7 Å². The molecule has 2 aliphatic heterocycles. The van der Waals surface area contributed by atoms with E-state index in [0.29, 0.717) is 0 Å². The van der Waals surface area contributed by atoms with Crippen molar-refractivity contribution in [2.24, 2.45) is 0 Å². The van der Waals surface area contributed by atoms with E-state index < -0.39 is 30.2 Å². The average Bonchev–Trinajstić information content (AvgIpc) is 3.35. The minimum absolute atomic E-state index is 0.0711. The fourth-order valence-corrected chi connectivity index (χ4v) is 3.95. The SMILES string of the molecule is CN(C(=O)c1cccc(-n2nc(C(F)(F)F)c3c2C(O)COC3)c1)c1ccc2c(c1)OC(F)(F)O2. The van der Waals surface area contributed by atoms with E-state index in [9.17, 15) is 31.9 Å². The van der Waals surface area contributed by atoms with Crippen molar-refractivity contribution in [1.82, 2.24) is 9.78 Å². The second kappa shape index (κ2) is 7.92. The molecule has 0 radical (unpaired) electrons. The summed E-state index contributed by atoms with van der Waals surface area (Å²) in [6.07, 6.45) is -9.94. The van der Waals surface area contributed by atoms with Gasteiger partial charge < -0.3 is 24.2 Å². The van der Waals surface area contributed by atoms with E-state index in [-0.39, 0.29) is 52.9 Å². The first-order valence-electron chi connectivity index (χ1n) is 10.2. The van der Waals surface area contributed by atoms with Crippen LogP contribution in [0.15, 0.2) is 42.5 Å². The quantitative estimate of drug-likeness (QED) is 0.550. The number of anilines is 1. The molecule has 0 bridgehead atoms. The molecule has 13 heteroatoms. The third-order valence-electron chi connectivity index (χ3n) is 5.54. The molecule has 1 amide bonds. The third kappa shape index (κ3) is 4.06. The zero-order valence-electron chi connectivity index (χ0n) is 17.8. The number of fused-ring (bicyclic) bond motifs is 2. The molecule has 3 heterocycles. The van der Waals surface area contributed by atoms with Gasteiger partial charge in [0, 0.05) is 29.9 Å². The van der Waals surface area contributed by atoms with Crippen LogP contribution >= 0.6 is 0 Å². The van der Waals surface area contributed by atoms with Gasteiger partial charge in [-0.15, -0.1) is 8.78 Å². The van der Waals surface area contributed by atoms with Crippen molar-refractivity contribution in [2.45, 2.75) is 25.2 Å². The summed E-state index contributed by atoms with van der Waals surface area (Å²) < 4.78 is 81.9. The highest BCUT2D eigenvalue weighted by molar-refractivity contribution is 6.06. The molecule has 35 heavy (non-hydrogen) atoms. The molecule has 3 aromatic rings. The van der Waals surface area contributed by atoms with Gasteiger partial charge in [0.2, 0.25) is 0 Å². The van der Waals surface area contributed by atoms with Gasteiger partial charge in [0.25, 0.3) is 5.91 Å². The fourth-order valence-electron chi connectivity index (χ4n) is 3.95. The maximum atomic E-state index is 13.5. The maximum absolute atomic E-state index is 13.5. The van der Waals surface area contributed by atoms with Gasteiger partial charge >= 0.3 is 12.5 Å².